The molecule has 206 valence electrons. The highest BCUT2D eigenvalue weighted by Gasteiger charge is 2.72. The molecule has 0 bridgehead atoms. The summed E-state index contributed by atoms with van der Waals surface area (Å²) < 4.78 is 97.8. The zero-order valence-electron chi connectivity index (χ0n) is 19.7. The van der Waals surface area contributed by atoms with Crippen LogP contribution in [0.4, 0.5) is 26.3 Å². The van der Waals surface area contributed by atoms with Gasteiger partial charge in [-0.1, -0.05) is 65.7 Å². The first-order valence-corrected chi connectivity index (χ1v) is 11.8. The molecule has 0 saturated heterocycles. The first-order valence-electron chi connectivity index (χ1n) is 10.9. The van der Waals surface area contributed by atoms with Crippen LogP contribution in [-0.2, 0) is 39.0 Å². The zero-order chi connectivity index (χ0) is 28.7. The van der Waals surface area contributed by atoms with E-state index in [1.165, 1.54) is 12.2 Å². The van der Waals surface area contributed by atoms with Gasteiger partial charge in [0.05, 0.1) is 6.61 Å². The third kappa shape index (κ3) is 6.53. The van der Waals surface area contributed by atoms with Crippen LogP contribution in [0.15, 0.2) is 61.7 Å². The summed E-state index contributed by atoms with van der Waals surface area (Å²) in [6.45, 7) is 7.03. The summed E-state index contributed by atoms with van der Waals surface area (Å²) in [5.41, 5.74) is -6.31. The van der Waals surface area contributed by atoms with Crippen molar-refractivity contribution >= 4 is 35.6 Å². The van der Waals surface area contributed by atoms with E-state index in [-0.39, 0.29) is 49.2 Å². The number of carbonyl (C=O) groups is 2. The maximum atomic E-state index is 14.7. The van der Waals surface area contributed by atoms with Gasteiger partial charge in [0.2, 0.25) is 10.3 Å². The fraction of sp³-hybridized carbons (Fsp3) is 0.308. The van der Waals surface area contributed by atoms with E-state index in [1.807, 2.05) is 0 Å². The lowest BCUT2D eigenvalue weighted by Gasteiger charge is -2.39. The molecule has 4 nitrogen and oxygen atoms in total. The van der Waals surface area contributed by atoms with Crippen molar-refractivity contribution in [3.8, 4) is 5.75 Å². The molecule has 0 heterocycles. The van der Waals surface area contributed by atoms with Crippen LogP contribution in [-0.4, -0.2) is 36.2 Å². The van der Waals surface area contributed by atoms with Gasteiger partial charge in [0, 0.05) is 6.42 Å². The van der Waals surface area contributed by atoms with Crippen LogP contribution in [0, 0.1) is 0 Å². The largest absolute Gasteiger partial charge is 0.468 e. The first kappa shape index (κ1) is 31.2. The molecule has 0 atom stereocenters. The molecule has 2 rings (SSSR count). The Bertz CT molecular complexity index is 1160. The number of ether oxygens (including phenoxy) is 2. The Morgan fingerprint density at radius 3 is 1.89 bits per heavy atom. The number of carbonyl (C=O) groups excluding carboxylic acids is 2. The van der Waals surface area contributed by atoms with Crippen LogP contribution in [0.5, 0.6) is 5.75 Å². The van der Waals surface area contributed by atoms with Gasteiger partial charge < -0.3 is 9.47 Å². The fourth-order valence-electron chi connectivity index (χ4n) is 4.03. The van der Waals surface area contributed by atoms with E-state index in [4.69, 9.17) is 27.9 Å². The van der Waals surface area contributed by atoms with Gasteiger partial charge in [0.15, 0.2) is 0 Å². The topological polar surface area (TPSA) is 52.6 Å². The summed E-state index contributed by atoms with van der Waals surface area (Å²) in [6, 6.07) is 4.79. The Labute approximate surface area is 224 Å². The zero-order valence-corrected chi connectivity index (χ0v) is 21.2. The molecule has 0 saturated carbocycles. The second-order valence-corrected chi connectivity index (χ2v) is 9.07. The molecule has 0 spiro atoms. The summed E-state index contributed by atoms with van der Waals surface area (Å²) >= 11 is 10.9. The van der Waals surface area contributed by atoms with Crippen LogP contribution in [0.3, 0.4) is 0 Å². The molecular formula is C26H22Cl2F6O4. The quantitative estimate of drug-likeness (QED) is 0.0515. The second kappa shape index (κ2) is 12.7. The number of alkyl halides is 8. The van der Waals surface area contributed by atoms with Gasteiger partial charge in [-0.05, 0) is 46.7 Å². The van der Waals surface area contributed by atoms with Crippen molar-refractivity contribution in [2.24, 2.45) is 0 Å². The predicted octanol–water partition coefficient (Wildman–Crippen LogP) is 6.98. The maximum absolute atomic E-state index is 14.7. The number of allylic oxidation sites excluding steroid dienone is 2. The van der Waals surface area contributed by atoms with Gasteiger partial charge in [-0.25, -0.2) is 4.79 Å². The van der Waals surface area contributed by atoms with Crippen LogP contribution in [0.1, 0.15) is 27.8 Å². The van der Waals surface area contributed by atoms with E-state index >= 15 is 0 Å². The summed E-state index contributed by atoms with van der Waals surface area (Å²) in [5.74, 6) is -1.48. The highest BCUT2D eigenvalue weighted by Crippen LogP contribution is 2.56. The van der Waals surface area contributed by atoms with E-state index in [9.17, 15) is 35.9 Å². The molecule has 38 heavy (non-hydrogen) atoms. The van der Waals surface area contributed by atoms with E-state index in [1.54, 1.807) is 0 Å². The Morgan fingerprint density at radius 1 is 0.868 bits per heavy atom. The van der Waals surface area contributed by atoms with Gasteiger partial charge in [-0.3, -0.25) is 4.79 Å². The normalized spacial score (nSPS) is 12.2. The molecule has 0 aliphatic heterocycles. The third-order valence-corrected chi connectivity index (χ3v) is 6.01. The fourth-order valence-corrected chi connectivity index (χ4v) is 4.12. The Balaban J connectivity index is 2.86. The highest BCUT2D eigenvalue weighted by molar-refractivity contribution is 6.53. The molecule has 0 unspecified atom stereocenters. The lowest BCUT2D eigenvalue weighted by molar-refractivity contribution is -0.288. The standard InChI is InChI=1S/C26H22Cl2F6O4/c1-3-5-17-13-19(8-7-16(17)11-12-37-15-35)24(25(29,30)31,26(32,33)34)20-9-10-21(18(14-20)6-4-2)38-23(36)22(27)28/h3-4,7-10,13-15,22H,1-2,5-6,11-12H2. The van der Waals surface area contributed by atoms with Crippen molar-refractivity contribution in [1.29, 1.82) is 0 Å². The first-order chi connectivity index (χ1) is 17.7. The van der Waals surface area contributed by atoms with E-state index in [0.717, 1.165) is 24.3 Å². The minimum Gasteiger partial charge on any atom is -0.468 e. The Morgan fingerprint density at radius 2 is 1.39 bits per heavy atom. The van der Waals surface area contributed by atoms with Gasteiger partial charge >= 0.3 is 18.3 Å². The molecule has 12 heteroatoms. The lowest BCUT2D eigenvalue weighted by atomic mass is 9.71. The minimum atomic E-state index is -5.85. The van der Waals surface area contributed by atoms with Crippen molar-refractivity contribution < 1.29 is 45.4 Å². The van der Waals surface area contributed by atoms with Gasteiger partial charge in [-0.2, -0.15) is 26.3 Å². The smallest absolute Gasteiger partial charge is 0.411 e. The Kier molecular flexibility index (Phi) is 10.4. The second-order valence-electron chi connectivity index (χ2n) is 7.98. The SMILES string of the molecule is C=CCc1cc(C(c2ccc(OC(=O)C(Cl)Cl)c(CC=C)c2)(C(F)(F)F)C(F)(F)F)ccc1CCOC=O. The monoisotopic (exact) mass is 582 g/mol. The summed E-state index contributed by atoms with van der Waals surface area (Å²) in [7, 11) is 0. The summed E-state index contributed by atoms with van der Waals surface area (Å²) in [4.78, 5) is 20.6. The predicted molar refractivity (Wildman–Crippen MR) is 130 cm³/mol. The van der Waals surface area contributed by atoms with Crippen LogP contribution in [0.2, 0.25) is 0 Å². The average Bonchev–Trinajstić information content (AvgIpc) is 2.81. The van der Waals surface area contributed by atoms with Gasteiger partial charge in [0.1, 0.15) is 5.75 Å². The third-order valence-electron chi connectivity index (χ3n) is 5.66. The number of hydrogen-bond acceptors (Lipinski definition) is 4. The molecule has 2 aromatic rings. The molecule has 2 aromatic carbocycles. The van der Waals surface area contributed by atoms with Gasteiger partial charge in [0.25, 0.3) is 6.47 Å². The van der Waals surface area contributed by atoms with Crippen molar-refractivity contribution in [3.63, 3.8) is 0 Å². The summed E-state index contributed by atoms with van der Waals surface area (Å²) in [5, 5.41) is 0. The minimum absolute atomic E-state index is 0.0370. The van der Waals surface area contributed by atoms with Gasteiger partial charge in [-0.15, -0.1) is 13.2 Å². The van der Waals surface area contributed by atoms with Crippen molar-refractivity contribution in [1.82, 2.24) is 0 Å². The number of benzene rings is 2. The number of rotatable bonds is 12. The molecule has 0 aliphatic rings. The molecule has 0 N–H and O–H groups in total. The van der Waals surface area contributed by atoms with Crippen LogP contribution >= 0.6 is 23.2 Å². The molecule has 0 fully saturated rings. The van der Waals surface area contributed by atoms with E-state index < -0.39 is 39.7 Å². The highest BCUT2D eigenvalue weighted by atomic mass is 35.5. The van der Waals surface area contributed by atoms with Crippen molar-refractivity contribution in [3.05, 3.63) is 89.5 Å². The molecule has 0 aliphatic carbocycles. The van der Waals surface area contributed by atoms with E-state index in [2.05, 4.69) is 17.9 Å². The molecular weight excluding hydrogens is 561 g/mol. The Hall–Kier alpha value is -2.98. The maximum Gasteiger partial charge on any atom is 0.411 e. The van der Waals surface area contributed by atoms with Crippen molar-refractivity contribution in [2.45, 2.75) is 41.9 Å². The van der Waals surface area contributed by atoms with Crippen molar-refractivity contribution in [2.75, 3.05) is 6.61 Å². The molecule has 0 aromatic heterocycles. The number of hydrogen-bond donors (Lipinski definition) is 0. The molecule has 0 radical (unpaired) electrons. The number of esters is 1. The summed E-state index contributed by atoms with van der Waals surface area (Å²) in [6.07, 6.45) is -9.34. The molecule has 0 amide bonds. The average molecular weight is 583 g/mol. The number of halogens is 8. The lowest BCUT2D eigenvalue weighted by Crippen LogP contribution is -2.54. The van der Waals surface area contributed by atoms with Crippen LogP contribution < -0.4 is 4.74 Å². The van der Waals surface area contributed by atoms with Crippen LogP contribution in [0.25, 0.3) is 0 Å². The van der Waals surface area contributed by atoms with E-state index in [0.29, 0.717) is 17.7 Å².